The first-order valence-electron chi connectivity index (χ1n) is 10.6. The molecule has 0 saturated heterocycles. The van der Waals surface area contributed by atoms with Crippen molar-refractivity contribution in [3.63, 3.8) is 0 Å². The van der Waals surface area contributed by atoms with Crippen molar-refractivity contribution in [2.45, 2.75) is 103 Å². The molecule has 0 fully saturated rings. The van der Waals surface area contributed by atoms with Gasteiger partial charge in [-0.25, -0.2) is 0 Å². The molecule has 26 heavy (non-hydrogen) atoms. The second kappa shape index (κ2) is 19.2. The third-order valence-electron chi connectivity index (χ3n) is 4.55. The number of unbranched alkanes of at least 4 members (excludes halogenated alkanes) is 13. The van der Waals surface area contributed by atoms with Crippen LogP contribution in [0.4, 0.5) is 0 Å². The minimum Gasteiger partial charge on any atom is -0.324 e. The molecule has 154 valence electrons. The molecule has 0 aromatic carbocycles. The molecule has 0 aliphatic carbocycles. The van der Waals surface area contributed by atoms with Gasteiger partial charge >= 0.3 is 7.60 Å². The van der Waals surface area contributed by atoms with Gasteiger partial charge in [-0.1, -0.05) is 95.5 Å². The molecule has 0 radical (unpaired) electrons. The number of nitrogens with zero attached hydrogens (tertiary/aromatic N) is 3. The zero-order valence-electron chi connectivity index (χ0n) is 16.8. The summed E-state index contributed by atoms with van der Waals surface area (Å²) in [6.45, 7) is 2.84. The highest BCUT2D eigenvalue weighted by Gasteiger charge is 2.17. The van der Waals surface area contributed by atoms with Gasteiger partial charge in [0.05, 0.1) is 12.8 Å². The summed E-state index contributed by atoms with van der Waals surface area (Å²) in [6.07, 6.45) is 18.4. The molecule has 0 saturated carbocycles. The number of hydrogen-bond acceptors (Lipinski definition) is 3. The normalized spacial score (nSPS) is 13.3. The lowest BCUT2D eigenvalue weighted by Crippen LogP contribution is -1.98. The fourth-order valence-corrected chi connectivity index (χ4v) is 4.04. The van der Waals surface area contributed by atoms with Gasteiger partial charge in [0.2, 0.25) is 0 Å². The Morgan fingerprint density at radius 1 is 0.846 bits per heavy atom. The number of hydrogen-bond donors (Lipinski definition) is 1. The molecule has 0 aliphatic heterocycles. The molecule has 6 nitrogen and oxygen atoms in total. The Bertz CT molecular complexity index is 401. The molecule has 0 aromatic rings. The standard InChI is InChI=1S/C19H40N3O3P/c1-2-3-4-5-6-7-8-9-10-11-12-13-14-15-18-25-26(23,24)19-16-17-21-22-20/h2-19H2,1H3,(H,23,24). The van der Waals surface area contributed by atoms with E-state index in [4.69, 9.17) is 10.1 Å². The average Bonchev–Trinajstić information content (AvgIpc) is 2.62. The van der Waals surface area contributed by atoms with Crippen molar-refractivity contribution in [1.82, 2.24) is 0 Å². The Kier molecular flexibility index (Phi) is 18.8. The highest BCUT2D eigenvalue weighted by atomic mass is 31.2. The lowest BCUT2D eigenvalue weighted by atomic mass is 10.0. The van der Waals surface area contributed by atoms with Crippen LogP contribution in [0.15, 0.2) is 5.11 Å². The van der Waals surface area contributed by atoms with Crippen LogP contribution in [-0.2, 0) is 9.09 Å². The van der Waals surface area contributed by atoms with Gasteiger partial charge in [-0.2, -0.15) is 0 Å². The van der Waals surface area contributed by atoms with E-state index in [0.29, 0.717) is 13.0 Å². The van der Waals surface area contributed by atoms with E-state index >= 15 is 0 Å². The second-order valence-corrected chi connectivity index (χ2v) is 9.08. The maximum absolute atomic E-state index is 11.7. The SMILES string of the molecule is CCCCCCCCCCCCCCCCOP(=O)(O)CCCN=[N+]=[N-]. The van der Waals surface area contributed by atoms with Gasteiger partial charge in [-0.15, -0.1) is 0 Å². The van der Waals surface area contributed by atoms with Crippen LogP contribution in [0.2, 0.25) is 0 Å². The van der Waals surface area contributed by atoms with E-state index in [1.807, 2.05) is 0 Å². The summed E-state index contributed by atoms with van der Waals surface area (Å²) in [5.41, 5.74) is 8.14. The van der Waals surface area contributed by atoms with Gasteiger partial charge in [0.1, 0.15) is 0 Å². The van der Waals surface area contributed by atoms with Crippen LogP contribution in [0, 0.1) is 0 Å². The van der Waals surface area contributed by atoms with Crippen LogP contribution >= 0.6 is 7.60 Å². The first kappa shape index (κ1) is 25.5. The smallest absolute Gasteiger partial charge is 0.324 e. The molecule has 1 N–H and O–H groups in total. The average molecular weight is 390 g/mol. The molecule has 0 aromatic heterocycles. The highest BCUT2D eigenvalue weighted by molar-refractivity contribution is 7.52. The Balaban J connectivity index is 3.25. The maximum Gasteiger partial charge on any atom is 0.328 e. The molecule has 0 heterocycles. The summed E-state index contributed by atoms with van der Waals surface area (Å²) in [6, 6.07) is 0. The first-order valence-corrected chi connectivity index (χ1v) is 12.4. The first-order chi connectivity index (χ1) is 12.6. The largest absolute Gasteiger partial charge is 0.328 e. The Labute approximate surface area is 160 Å². The van der Waals surface area contributed by atoms with Gasteiger partial charge in [0, 0.05) is 11.5 Å². The third kappa shape index (κ3) is 19.8. The maximum atomic E-state index is 11.7. The molecular weight excluding hydrogens is 349 g/mol. The molecule has 7 heteroatoms. The van der Waals surface area contributed by atoms with Crippen molar-refractivity contribution in [2.75, 3.05) is 19.3 Å². The van der Waals surface area contributed by atoms with Gasteiger partial charge in [-0.05, 0) is 18.4 Å². The summed E-state index contributed by atoms with van der Waals surface area (Å²) in [5.74, 6) is 0. The van der Waals surface area contributed by atoms with Crippen molar-refractivity contribution < 1.29 is 14.0 Å². The molecule has 0 bridgehead atoms. The van der Waals surface area contributed by atoms with Crippen molar-refractivity contribution >= 4 is 7.60 Å². The summed E-state index contributed by atoms with van der Waals surface area (Å²) in [5, 5.41) is 3.34. The van der Waals surface area contributed by atoms with E-state index < -0.39 is 7.60 Å². The van der Waals surface area contributed by atoms with Crippen LogP contribution in [0.25, 0.3) is 10.4 Å². The zero-order valence-corrected chi connectivity index (χ0v) is 17.7. The topological polar surface area (TPSA) is 95.3 Å². The van der Waals surface area contributed by atoms with Crippen molar-refractivity contribution in [1.29, 1.82) is 0 Å². The molecular formula is C19H40N3O3P. The van der Waals surface area contributed by atoms with Crippen molar-refractivity contribution in [2.24, 2.45) is 5.11 Å². The number of azide groups is 1. The molecule has 1 unspecified atom stereocenters. The van der Waals surface area contributed by atoms with Crippen LogP contribution in [0.1, 0.15) is 103 Å². The summed E-state index contributed by atoms with van der Waals surface area (Å²) < 4.78 is 16.8. The lowest BCUT2D eigenvalue weighted by Gasteiger charge is -2.11. The van der Waals surface area contributed by atoms with Crippen LogP contribution in [0.5, 0.6) is 0 Å². The van der Waals surface area contributed by atoms with E-state index in [-0.39, 0.29) is 12.7 Å². The van der Waals surface area contributed by atoms with Gasteiger partial charge < -0.3 is 9.42 Å². The fraction of sp³-hybridized carbons (Fsp3) is 1.00. The fourth-order valence-electron chi connectivity index (χ4n) is 2.95. The Morgan fingerprint density at radius 2 is 1.31 bits per heavy atom. The van der Waals surface area contributed by atoms with Gasteiger partial charge in [0.15, 0.2) is 0 Å². The highest BCUT2D eigenvalue weighted by Crippen LogP contribution is 2.42. The van der Waals surface area contributed by atoms with E-state index in [1.165, 1.54) is 77.0 Å². The van der Waals surface area contributed by atoms with Crippen LogP contribution < -0.4 is 0 Å². The zero-order chi connectivity index (χ0) is 19.3. The Morgan fingerprint density at radius 3 is 1.77 bits per heavy atom. The molecule has 0 amide bonds. The van der Waals surface area contributed by atoms with Crippen molar-refractivity contribution in [3.05, 3.63) is 10.4 Å². The number of rotatable bonds is 20. The minimum atomic E-state index is -3.50. The van der Waals surface area contributed by atoms with Crippen molar-refractivity contribution in [3.8, 4) is 0 Å². The van der Waals surface area contributed by atoms with Gasteiger partial charge in [-0.3, -0.25) is 4.57 Å². The van der Waals surface area contributed by atoms with E-state index in [9.17, 15) is 9.46 Å². The predicted molar refractivity (Wildman–Crippen MR) is 110 cm³/mol. The monoisotopic (exact) mass is 389 g/mol. The quantitative estimate of drug-likeness (QED) is 0.0773. The lowest BCUT2D eigenvalue weighted by molar-refractivity contribution is 0.252. The van der Waals surface area contributed by atoms with E-state index in [2.05, 4.69) is 16.9 Å². The second-order valence-electron chi connectivity index (χ2n) is 7.10. The van der Waals surface area contributed by atoms with Crippen LogP contribution in [-0.4, -0.2) is 24.2 Å². The van der Waals surface area contributed by atoms with Gasteiger partial charge in [0.25, 0.3) is 0 Å². The Hall–Kier alpha value is -0.540. The van der Waals surface area contributed by atoms with Crippen LogP contribution in [0.3, 0.4) is 0 Å². The summed E-state index contributed by atoms with van der Waals surface area (Å²) in [7, 11) is -3.50. The van der Waals surface area contributed by atoms with E-state index in [1.54, 1.807) is 0 Å². The summed E-state index contributed by atoms with van der Waals surface area (Å²) >= 11 is 0. The third-order valence-corrected chi connectivity index (χ3v) is 6.02. The molecule has 0 spiro atoms. The molecule has 0 rings (SSSR count). The minimum absolute atomic E-state index is 0.0601. The molecule has 0 aliphatic rings. The summed E-state index contributed by atoms with van der Waals surface area (Å²) in [4.78, 5) is 12.2. The predicted octanol–water partition coefficient (Wildman–Crippen LogP) is 7.37. The molecule has 1 atom stereocenters. The van der Waals surface area contributed by atoms with E-state index in [0.717, 1.165) is 12.8 Å².